The normalized spacial score (nSPS) is 11.8. The van der Waals surface area contributed by atoms with Crippen molar-refractivity contribution in [3.05, 3.63) is 42.2 Å². The van der Waals surface area contributed by atoms with Crippen molar-refractivity contribution in [3.63, 3.8) is 0 Å². The molecule has 10 heteroatoms. The Kier molecular flexibility index (Phi) is 3.57. The maximum absolute atomic E-state index is 12.8. The zero-order valence-electron chi connectivity index (χ0n) is 11.1. The lowest BCUT2D eigenvalue weighted by molar-refractivity contribution is -0.146. The standard InChI is InChI=1S/C12H10F3N7/c13-12(14,15)11-20-19-10-3-2-9(21-22(10)11)18-7-4-8-16-5-1-6-17-8/h1-3,5-6H,4,7H2,(H,18,21). The Hall–Kier alpha value is -2.78. The van der Waals surface area contributed by atoms with Crippen molar-refractivity contribution < 1.29 is 13.2 Å². The van der Waals surface area contributed by atoms with Crippen LogP contribution in [-0.4, -0.2) is 36.3 Å². The van der Waals surface area contributed by atoms with Gasteiger partial charge in [-0.05, 0) is 18.2 Å². The third-order valence-corrected chi connectivity index (χ3v) is 2.79. The van der Waals surface area contributed by atoms with Gasteiger partial charge in [0.05, 0.1) is 0 Å². The van der Waals surface area contributed by atoms with Crippen LogP contribution < -0.4 is 5.32 Å². The molecule has 3 rings (SSSR count). The number of alkyl halides is 3. The summed E-state index contributed by atoms with van der Waals surface area (Å²) in [5, 5.41) is 13.3. The number of hydrogen-bond acceptors (Lipinski definition) is 6. The molecule has 0 saturated heterocycles. The number of aromatic nitrogens is 6. The van der Waals surface area contributed by atoms with E-state index in [2.05, 4.69) is 30.6 Å². The van der Waals surface area contributed by atoms with Gasteiger partial charge >= 0.3 is 6.18 Å². The average Bonchev–Trinajstić information content (AvgIpc) is 2.91. The molecule has 0 unspecified atom stereocenters. The van der Waals surface area contributed by atoms with E-state index in [0.717, 1.165) is 0 Å². The van der Waals surface area contributed by atoms with Gasteiger partial charge in [-0.3, -0.25) is 0 Å². The highest BCUT2D eigenvalue weighted by Gasteiger charge is 2.37. The Morgan fingerprint density at radius 1 is 1.09 bits per heavy atom. The van der Waals surface area contributed by atoms with Crippen molar-refractivity contribution in [1.82, 2.24) is 29.8 Å². The van der Waals surface area contributed by atoms with E-state index in [-0.39, 0.29) is 11.5 Å². The van der Waals surface area contributed by atoms with Gasteiger partial charge in [0.15, 0.2) is 5.65 Å². The topological polar surface area (TPSA) is 80.9 Å². The second-order valence-electron chi connectivity index (χ2n) is 4.35. The van der Waals surface area contributed by atoms with E-state index in [9.17, 15) is 13.2 Å². The third-order valence-electron chi connectivity index (χ3n) is 2.79. The first-order chi connectivity index (χ1) is 10.5. The highest BCUT2D eigenvalue weighted by Crippen LogP contribution is 2.27. The van der Waals surface area contributed by atoms with Crippen LogP contribution in [0.2, 0.25) is 0 Å². The monoisotopic (exact) mass is 309 g/mol. The quantitative estimate of drug-likeness (QED) is 0.788. The van der Waals surface area contributed by atoms with Crippen LogP contribution in [0.4, 0.5) is 19.0 Å². The number of nitrogens with one attached hydrogen (secondary N) is 1. The van der Waals surface area contributed by atoms with Crippen molar-refractivity contribution in [3.8, 4) is 0 Å². The summed E-state index contributed by atoms with van der Waals surface area (Å²) in [7, 11) is 0. The van der Waals surface area contributed by atoms with Crippen molar-refractivity contribution in [1.29, 1.82) is 0 Å². The van der Waals surface area contributed by atoms with Crippen LogP contribution in [0.5, 0.6) is 0 Å². The van der Waals surface area contributed by atoms with Crippen LogP contribution in [0.1, 0.15) is 11.6 Å². The Balaban J connectivity index is 1.74. The van der Waals surface area contributed by atoms with Crippen LogP contribution in [0.25, 0.3) is 5.65 Å². The van der Waals surface area contributed by atoms with E-state index in [1.54, 1.807) is 18.5 Å². The molecule has 0 aromatic carbocycles. The predicted molar refractivity (Wildman–Crippen MR) is 70.0 cm³/mol. The molecule has 3 heterocycles. The van der Waals surface area contributed by atoms with Gasteiger partial charge in [-0.15, -0.1) is 15.3 Å². The Morgan fingerprint density at radius 2 is 1.86 bits per heavy atom. The van der Waals surface area contributed by atoms with E-state index in [1.807, 2.05) is 0 Å². The lowest BCUT2D eigenvalue weighted by atomic mass is 10.4. The molecule has 3 aromatic heterocycles. The Bertz CT molecular complexity index is 769. The summed E-state index contributed by atoms with van der Waals surface area (Å²) in [6.07, 6.45) is -0.837. The highest BCUT2D eigenvalue weighted by molar-refractivity contribution is 5.44. The van der Waals surface area contributed by atoms with E-state index in [4.69, 9.17) is 0 Å². The molecule has 3 aromatic rings. The molecule has 0 saturated carbocycles. The SMILES string of the molecule is FC(F)(F)c1nnc2ccc(NCCc3ncccn3)nn12. The van der Waals surface area contributed by atoms with Crippen LogP contribution >= 0.6 is 0 Å². The summed E-state index contributed by atoms with van der Waals surface area (Å²) < 4.78 is 38.9. The van der Waals surface area contributed by atoms with E-state index < -0.39 is 12.0 Å². The summed E-state index contributed by atoms with van der Waals surface area (Å²) in [4.78, 5) is 8.11. The fraction of sp³-hybridized carbons (Fsp3) is 0.250. The van der Waals surface area contributed by atoms with Crippen molar-refractivity contribution >= 4 is 11.5 Å². The first-order valence-electron chi connectivity index (χ1n) is 6.33. The lowest BCUT2D eigenvalue weighted by Crippen LogP contribution is -2.14. The zero-order chi connectivity index (χ0) is 15.6. The molecule has 0 spiro atoms. The van der Waals surface area contributed by atoms with Crippen LogP contribution in [0.3, 0.4) is 0 Å². The summed E-state index contributed by atoms with van der Waals surface area (Å²) >= 11 is 0. The van der Waals surface area contributed by atoms with E-state index >= 15 is 0 Å². The van der Waals surface area contributed by atoms with Crippen molar-refractivity contribution in [2.75, 3.05) is 11.9 Å². The minimum absolute atomic E-state index is 0.0317. The number of halogens is 3. The summed E-state index contributed by atoms with van der Waals surface area (Å²) in [5.74, 6) is -0.234. The Labute approximate surface area is 122 Å². The maximum atomic E-state index is 12.8. The number of hydrogen-bond donors (Lipinski definition) is 1. The third kappa shape index (κ3) is 2.95. The largest absolute Gasteiger partial charge is 0.453 e. The lowest BCUT2D eigenvalue weighted by Gasteiger charge is -2.07. The van der Waals surface area contributed by atoms with Crippen LogP contribution in [-0.2, 0) is 12.6 Å². The summed E-state index contributed by atoms with van der Waals surface area (Å²) in [6.45, 7) is 0.437. The van der Waals surface area contributed by atoms with E-state index in [0.29, 0.717) is 23.3 Å². The molecule has 0 amide bonds. The van der Waals surface area contributed by atoms with Gasteiger partial charge < -0.3 is 5.32 Å². The van der Waals surface area contributed by atoms with Crippen LogP contribution in [0, 0.1) is 0 Å². The van der Waals surface area contributed by atoms with Crippen molar-refractivity contribution in [2.24, 2.45) is 0 Å². The molecule has 0 bridgehead atoms. The molecule has 0 aliphatic rings. The van der Waals surface area contributed by atoms with Gasteiger partial charge in [-0.25, -0.2) is 9.97 Å². The molecule has 22 heavy (non-hydrogen) atoms. The van der Waals surface area contributed by atoms with Gasteiger partial charge in [0.2, 0.25) is 0 Å². The molecule has 114 valence electrons. The number of rotatable bonds is 4. The van der Waals surface area contributed by atoms with Crippen LogP contribution in [0.15, 0.2) is 30.6 Å². The van der Waals surface area contributed by atoms with E-state index in [1.165, 1.54) is 12.1 Å². The maximum Gasteiger partial charge on any atom is 0.453 e. The summed E-state index contributed by atoms with van der Waals surface area (Å²) in [5.41, 5.74) is 0.0317. The van der Waals surface area contributed by atoms with Gasteiger partial charge in [0.1, 0.15) is 11.6 Å². The minimum Gasteiger partial charge on any atom is -0.368 e. The second-order valence-corrected chi connectivity index (χ2v) is 4.35. The molecule has 7 nitrogen and oxygen atoms in total. The number of fused-ring (bicyclic) bond motifs is 1. The molecule has 0 atom stereocenters. The second kappa shape index (κ2) is 5.54. The zero-order valence-corrected chi connectivity index (χ0v) is 11.1. The number of nitrogens with zero attached hydrogens (tertiary/aromatic N) is 6. The van der Waals surface area contributed by atoms with Gasteiger partial charge in [0.25, 0.3) is 5.82 Å². The highest BCUT2D eigenvalue weighted by atomic mass is 19.4. The molecule has 0 fully saturated rings. The molecule has 0 radical (unpaired) electrons. The summed E-state index contributed by atoms with van der Waals surface area (Å²) in [6, 6.07) is 4.66. The Morgan fingerprint density at radius 3 is 2.59 bits per heavy atom. The number of anilines is 1. The molecular formula is C12H10F3N7. The minimum atomic E-state index is -4.61. The first-order valence-corrected chi connectivity index (χ1v) is 6.33. The van der Waals surface area contributed by atoms with Gasteiger partial charge in [-0.1, -0.05) is 0 Å². The van der Waals surface area contributed by atoms with Gasteiger partial charge in [-0.2, -0.15) is 17.7 Å². The first kappa shape index (κ1) is 14.2. The predicted octanol–water partition coefficient (Wildman–Crippen LogP) is 1.59. The van der Waals surface area contributed by atoms with Gasteiger partial charge in [0, 0.05) is 25.4 Å². The molecule has 0 aliphatic carbocycles. The molecular weight excluding hydrogens is 299 g/mol. The smallest absolute Gasteiger partial charge is 0.368 e. The fourth-order valence-corrected chi connectivity index (χ4v) is 1.82. The average molecular weight is 309 g/mol. The molecule has 0 aliphatic heterocycles. The van der Waals surface area contributed by atoms with Crippen molar-refractivity contribution in [2.45, 2.75) is 12.6 Å². The fourth-order valence-electron chi connectivity index (χ4n) is 1.82. The molecule has 1 N–H and O–H groups in total.